The van der Waals surface area contributed by atoms with Crippen molar-refractivity contribution >= 4 is 16.1 Å². The summed E-state index contributed by atoms with van der Waals surface area (Å²) in [6, 6.07) is 9.37. The number of nitrogens with two attached hydrogens (primary N) is 1. The second-order valence-electron chi connectivity index (χ2n) is 5.26. The van der Waals surface area contributed by atoms with Crippen molar-refractivity contribution in [1.29, 1.82) is 0 Å². The second kappa shape index (κ2) is 7.02. The summed E-state index contributed by atoms with van der Waals surface area (Å²) in [6.07, 6.45) is 5.70. The third kappa shape index (κ3) is 4.44. The molecule has 0 heterocycles. The zero-order chi connectivity index (χ0) is 14.4. The van der Waals surface area contributed by atoms with Gasteiger partial charge >= 0.3 is 0 Å². The van der Waals surface area contributed by atoms with Gasteiger partial charge in [-0.2, -0.15) is 0 Å². The van der Waals surface area contributed by atoms with Crippen LogP contribution in [-0.4, -0.2) is 21.0 Å². The number of hydrogen-bond acceptors (Lipinski definition) is 3. The highest BCUT2D eigenvalue weighted by Crippen LogP contribution is 2.24. The predicted octanol–water partition coefficient (Wildman–Crippen LogP) is 2.09. The van der Waals surface area contributed by atoms with Crippen LogP contribution in [0.15, 0.2) is 35.7 Å². The van der Waals surface area contributed by atoms with E-state index in [1.807, 2.05) is 30.3 Å². The van der Waals surface area contributed by atoms with Crippen LogP contribution in [0.25, 0.3) is 6.08 Å². The van der Waals surface area contributed by atoms with E-state index in [1.54, 1.807) is 6.08 Å². The molecule has 0 saturated heterocycles. The number of benzene rings is 1. The summed E-state index contributed by atoms with van der Waals surface area (Å²) in [5, 5.41) is 1.24. The van der Waals surface area contributed by atoms with Gasteiger partial charge in [0.25, 0.3) is 0 Å². The summed E-state index contributed by atoms with van der Waals surface area (Å²) >= 11 is 0. The van der Waals surface area contributed by atoms with E-state index in [9.17, 15) is 8.42 Å². The van der Waals surface area contributed by atoms with Crippen LogP contribution in [0.3, 0.4) is 0 Å². The Hall–Kier alpha value is -1.17. The normalized spacial score (nSPS) is 24.1. The molecule has 5 heteroatoms. The van der Waals surface area contributed by atoms with Crippen LogP contribution in [0.1, 0.15) is 31.2 Å². The van der Waals surface area contributed by atoms with E-state index in [-0.39, 0.29) is 12.0 Å². The molecular weight excluding hydrogens is 272 g/mol. The Morgan fingerprint density at radius 3 is 2.60 bits per heavy atom. The van der Waals surface area contributed by atoms with Crippen LogP contribution in [0.5, 0.6) is 0 Å². The van der Waals surface area contributed by atoms with Gasteiger partial charge in [0.05, 0.1) is 0 Å². The first-order chi connectivity index (χ1) is 9.61. The number of nitrogens with one attached hydrogen (secondary N) is 1. The van der Waals surface area contributed by atoms with E-state index in [0.29, 0.717) is 6.54 Å². The highest BCUT2D eigenvalue weighted by atomic mass is 32.2. The average molecular weight is 294 g/mol. The van der Waals surface area contributed by atoms with Crippen molar-refractivity contribution in [3.63, 3.8) is 0 Å². The predicted molar refractivity (Wildman–Crippen MR) is 82.3 cm³/mol. The Labute approximate surface area is 121 Å². The zero-order valence-corrected chi connectivity index (χ0v) is 12.4. The highest BCUT2D eigenvalue weighted by Gasteiger charge is 2.26. The van der Waals surface area contributed by atoms with Crippen molar-refractivity contribution in [3.8, 4) is 0 Å². The molecule has 2 unspecified atom stereocenters. The van der Waals surface area contributed by atoms with Crippen LogP contribution in [0.2, 0.25) is 0 Å². The molecule has 0 aliphatic heterocycles. The zero-order valence-electron chi connectivity index (χ0n) is 11.5. The molecule has 0 amide bonds. The first-order valence-corrected chi connectivity index (χ1v) is 8.61. The van der Waals surface area contributed by atoms with E-state index in [4.69, 9.17) is 5.73 Å². The SMILES string of the molecule is NCC1CCCCC1NS(=O)(=O)C=Cc1ccccc1. The monoisotopic (exact) mass is 294 g/mol. The average Bonchev–Trinajstić information content (AvgIpc) is 2.47. The molecule has 1 saturated carbocycles. The molecule has 0 spiro atoms. The van der Waals surface area contributed by atoms with Crippen LogP contribution in [0, 0.1) is 5.92 Å². The van der Waals surface area contributed by atoms with Crippen molar-refractivity contribution in [1.82, 2.24) is 4.72 Å². The Bertz CT molecular complexity index is 540. The summed E-state index contributed by atoms with van der Waals surface area (Å²) in [5.41, 5.74) is 6.60. The molecule has 1 aromatic rings. The first kappa shape index (κ1) is 15.2. The van der Waals surface area contributed by atoms with Gasteiger partial charge in [0.15, 0.2) is 0 Å². The van der Waals surface area contributed by atoms with Crippen molar-refractivity contribution in [2.75, 3.05) is 6.54 Å². The lowest BCUT2D eigenvalue weighted by Crippen LogP contribution is -2.43. The lowest BCUT2D eigenvalue weighted by molar-refractivity contribution is 0.297. The van der Waals surface area contributed by atoms with Gasteiger partial charge in [-0.1, -0.05) is 43.2 Å². The summed E-state index contributed by atoms with van der Waals surface area (Å²) in [5.74, 6) is 0.253. The van der Waals surface area contributed by atoms with Crippen molar-refractivity contribution < 1.29 is 8.42 Å². The summed E-state index contributed by atoms with van der Waals surface area (Å²) in [6.45, 7) is 0.537. The van der Waals surface area contributed by atoms with Crippen molar-refractivity contribution in [3.05, 3.63) is 41.3 Å². The van der Waals surface area contributed by atoms with Crippen LogP contribution < -0.4 is 10.5 Å². The number of hydrogen-bond donors (Lipinski definition) is 2. The van der Waals surface area contributed by atoms with Crippen LogP contribution in [-0.2, 0) is 10.0 Å². The molecule has 4 nitrogen and oxygen atoms in total. The first-order valence-electron chi connectivity index (χ1n) is 7.06. The molecule has 1 aliphatic rings. The summed E-state index contributed by atoms with van der Waals surface area (Å²) < 4.78 is 27.0. The molecule has 2 rings (SSSR count). The number of sulfonamides is 1. The Kier molecular flexibility index (Phi) is 5.34. The van der Waals surface area contributed by atoms with Gasteiger partial charge in [0.1, 0.15) is 0 Å². The van der Waals surface area contributed by atoms with E-state index in [0.717, 1.165) is 31.2 Å². The van der Waals surface area contributed by atoms with E-state index in [2.05, 4.69) is 4.72 Å². The minimum atomic E-state index is -3.41. The minimum absolute atomic E-state index is 0.0285. The van der Waals surface area contributed by atoms with Gasteiger partial charge in [0.2, 0.25) is 10.0 Å². The fourth-order valence-corrected chi connectivity index (χ4v) is 3.77. The fraction of sp³-hybridized carbons (Fsp3) is 0.467. The molecule has 2 atom stereocenters. The smallest absolute Gasteiger partial charge is 0.233 e. The summed E-state index contributed by atoms with van der Waals surface area (Å²) in [7, 11) is -3.41. The minimum Gasteiger partial charge on any atom is -0.330 e. The quantitative estimate of drug-likeness (QED) is 0.873. The molecule has 1 aliphatic carbocycles. The standard InChI is InChI=1S/C15H22N2O2S/c16-12-14-8-4-5-9-15(14)17-20(18,19)11-10-13-6-2-1-3-7-13/h1-3,6-7,10-11,14-15,17H,4-5,8-9,12,16H2. The van der Waals surface area contributed by atoms with E-state index in [1.165, 1.54) is 5.41 Å². The van der Waals surface area contributed by atoms with Crippen molar-refractivity contribution in [2.45, 2.75) is 31.7 Å². The number of rotatable bonds is 5. The Morgan fingerprint density at radius 1 is 1.20 bits per heavy atom. The lowest BCUT2D eigenvalue weighted by Gasteiger charge is -2.30. The molecule has 1 aromatic carbocycles. The topological polar surface area (TPSA) is 72.2 Å². The molecule has 0 bridgehead atoms. The van der Waals surface area contributed by atoms with Crippen LogP contribution in [0.4, 0.5) is 0 Å². The molecule has 0 aromatic heterocycles. The molecule has 20 heavy (non-hydrogen) atoms. The van der Waals surface area contributed by atoms with Gasteiger partial charge < -0.3 is 5.73 Å². The maximum atomic E-state index is 12.1. The fourth-order valence-electron chi connectivity index (χ4n) is 2.63. The van der Waals surface area contributed by atoms with Gasteiger partial charge in [-0.15, -0.1) is 0 Å². The van der Waals surface area contributed by atoms with E-state index >= 15 is 0 Å². The van der Waals surface area contributed by atoms with E-state index < -0.39 is 10.0 Å². The maximum Gasteiger partial charge on any atom is 0.233 e. The molecule has 0 radical (unpaired) electrons. The lowest BCUT2D eigenvalue weighted by atomic mass is 9.85. The Morgan fingerprint density at radius 2 is 1.90 bits per heavy atom. The molecule has 110 valence electrons. The third-order valence-electron chi connectivity index (χ3n) is 3.77. The van der Waals surface area contributed by atoms with Gasteiger partial charge in [-0.25, -0.2) is 13.1 Å². The van der Waals surface area contributed by atoms with Gasteiger partial charge in [0, 0.05) is 11.4 Å². The molecule has 3 N–H and O–H groups in total. The van der Waals surface area contributed by atoms with Crippen molar-refractivity contribution in [2.24, 2.45) is 11.7 Å². The second-order valence-corrected chi connectivity index (χ2v) is 6.86. The van der Waals surface area contributed by atoms with Crippen LogP contribution >= 0.6 is 0 Å². The highest BCUT2D eigenvalue weighted by molar-refractivity contribution is 7.92. The van der Waals surface area contributed by atoms with Gasteiger partial charge in [-0.05, 0) is 36.9 Å². The maximum absolute atomic E-state index is 12.1. The molecule has 1 fully saturated rings. The Balaban J connectivity index is 2.01. The van der Waals surface area contributed by atoms with Gasteiger partial charge in [-0.3, -0.25) is 0 Å². The molecular formula is C15H22N2O2S. The largest absolute Gasteiger partial charge is 0.330 e. The third-order valence-corrected chi connectivity index (χ3v) is 4.89. The summed E-state index contributed by atoms with van der Waals surface area (Å²) in [4.78, 5) is 0.